The fraction of sp³-hybridized carbons (Fsp3) is 0.667. The van der Waals surface area contributed by atoms with Gasteiger partial charge in [-0.25, -0.2) is 0 Å². The van der Waals surface area contributed by atoms with Gasteiger partial charge in [0.25, 0.3) is 0 Å². The van der Waals surface area contributed by atoms with Crippen LogP contribution < -0.4 is 10.6 Å². The van der Waals surface area contributed by atoms with Crippen molar-refractivity contribution in [2.24, 2.45) is 4.99 Å². The highest BCUT2D eigenvalue weighted by atomic mass is 16.5. The van der Waals surface area contributed by atoms with Crippen LogP contribution in [0.3, 0.4) is 0 Å². The van der Waals surface area contributed by atoms with Crippen LogP contribution in [-0.4, -0.2) is 87.9 Å². The molecule has 1 aliphatic rings. The summed E-state index contributed by atoms with van der Waals surface area (Å²) in [5.41, 5.74) is 1.42. The molecule has 1 atom stereocenters. The van der Waals surface area contributed by atoms with Crippen molar-refractivity contribution in [3.63, 3.8) is 0 Å². The molecule has 1 heterocycles. The summed E-state index contributed by atoms with van der Waals surface area (Å²) in [5.74, 6) is 0.858. The van der Waals surface area contributed by atoms with Crippen LogP contribution in [-0.2, 0) is 11.2 Å². The van der Waals surface area contributed by atoms with Gasteiger partial charge in [0.2, 0.25) is 0 Å². The average molecular weight is 376 g/mol. The SMILES string of the molecule is CN=C(NCC(Cc1ccccc1)N(C)C)NCC(C)(C)N1CCOCC1. The molecule has 1 saturated heterocycles. The Balaban J connectivity index is 1.84. The zero-order valence-corrected chi connectivity index (χ0v) is 17.7. The quantitative estimate of drug-likeness (QED) is 0.532. The van der Waals surface area contributed by atoms with Crippen molar-refractivity contribution in [1.29, 1.82) is 0 Å². The molecule has 6 heteroatoms. The molecule has 2 rings (SSSR count). The summed E-state index contributed by atoms with van der Waals surface area (Å²) in [4.78, 5) is 9.16. The van der Waals surface area contributed by atoms with Gasteiger partial charge in [-0.05, 0) is 39.9 Å². The van der Waals surface area contributed by atoms with Crippen LogP contribution in [0.1, 0.15) is 19.4 Å². The lowest BCUT2D eigenvalue weighted by molar-refractivity contribution is -0.00834. The monoisotopic (exact) mass is 375 g/mol. The first kappa shape index (κ1) is 21.7. The highest BCUT2D eigenvalue weighted by Crippen LogP contribution is 2.15. The van der Waals surface area contributed by atoms with Crippen LogP contribution >= 0.6 is 0 Å². The van der Waals surface area contributed by atoms with E-state index < -0.39 is 0 Å². The van der Waals surface area contributed by atoms with Gasteiger partial charge in [0.15, 0.2) is 5.96 Å². The zero-order chi connectivity index (χ0) is 19.7. The number of hydrogen-bond donors (Lipinski definition) is 2. The molecule has 1 fully saturated rings. The van der Waals surface area contributed by atoms with Gasteiger partial charge in [-0.15, -0.1) is 0 Å². The molecule has 0 radical (unpaired) electrons. The van der Waals surface area contributed by atoms with E-state index in [1.165, 1.54) is 5.56 Å². The Hall–Kier alpha value is -1.63. The van der Waals surface area contributed by atoms with Gasteiger partial charge in [-0.3, -0.25) is 9.89 Å². The lowest BCUT2D eigenvalue weighted by Gasteiger charge is -2.41. The molecule has 1 unspecified atom stereocenters. The van der Waals surface area contributed by atoms with Crippen LogP contribution in [0.25, 0.3) is 0 Å². The number of morpholine rings is 1. The van der Waals surface area contributed by atoms with Crippen LogP contribution in [0.15, 0.2) is 35.3 Å². The molecule has 0 spiro atoms. The van der Waals surface area contributed by atoms with Crippen LogP contribution in [0.4, 0.5) is 0 Å². The lowest BCUT2D eigenvalue weighted by atomic mass is 10.0. The van der Waals surface area contributed by atoms with E-state index >= 15 is 0 Å². The minimum Gasteiger partial charge on any atom is -0.379 e. The second-order valence-electron chi connectivity index (χ2n) is 8.03. The smallest absolute Gasteiger partial charge is 0.191 e. The van der Waals surface area contributed by atoms with Crippen molar-refractivity contribution in [2.75, 3.05) is 60.5 Å². The van der Waals surface area contributed by atoms with E-state index in [2.05, 4.69) is 83.7 Å². The third kappa shape index (κ3) is 7.13. The molecular weight excluding hydrogens is 338 g/mol. The van der Waals surface area contributed by atoms with Crippen molar-refractivity contribution in [3.05, 3.63) is 35.9 Å². The maximum Gasteiger partial charge on any atom is 0.191 e. The maximum atomic E-state index is 5.47. The minimum atomic E-state index is 0.0619. The molecule has 0 aliphatic carbocycles. The summed E-state index contributed by atoms with van der Waals surface area (Å²) in [7, 11) is 6.10. The summed E-state index contributed by atoms with van der Waals surface area (Å²) < 4.78 is 5.47. The van der Waals surface area contributed by atoms with Gasteiger partial charge in [0.05, 0.1) is 13.2 Å². The molecule has 0 saturated carbocycles. The fourth-order valence-electron chi connectivity index (χ4n) is 3.34. The Morgan fingerprint density at radius 2 is 1.85 bits per heavy atom. The Labute approximate surface area is 165 Å². The number of hydrogen-bond acceptors (Lipinski definition) is 4. The van der Waals surface area contributed by atoms with Gasteiger partial charge < -0.3 is 20.3 Å². The summed E-state index contributed by atoms with van der Waals surface area (Å²) in [5, 5.41) is 7.00. The topological polar surface area (TPSA) is 52.1 Å². The molecule has 6 nitrogen and oxygen atoms in total. The number of likely N-dealkylation sites (N-methyl/N-ethyl adjacent to an activating group) is 1. The van der Waals surface area contributed by atoms with E-state index in [1.807, 2.05) is 7.05 Å². The van der Waals surface area contributed by atoms with Crippen molar-refractivity contribution >= 4 is 5.96 Å². The first-order valence-corrected chi connectivity index (χ1v) is 9.90. The second kappa shape index (κ2) is 10.6. The molecule has 1 aromatic rings. The summed E-state index contributed by atoms with van der Waals surface area (Å²) in [6.45, 7) is 9.85. The van der Waals surface area contributed by atoms with E-state index in [1.54, 1.807) is 0 Å². The number of benzene rings is 1. The third-order valence-corrected chi connectivity index (χ3v) is 5.33. The number of nitrogens with one attached hydrogen (secondary N) is 2. The highest BCUT2D eigenvalue weighted by Gasteiger charge is 2.28. The number of guanidine groups is 1. The lowest BCUT2D eigenvalue weighted by Crippen LogP contribution is -2.57. The van der Waals surface area contributed by atoms with Crippen molar-refractivity contribution < 1.29 is 4.74 Å². The molecule has 1 aliphatic heterocycles. The van der Waals surface area contributed by atoms with Gasteiger partial charge in [-0.1, -0.05) is 30.3 Å². The Morgan fingerprint density at radius 1 is 1.19 bits per heavy atom. The first-order valence-electron chi connectivity index (χ1n) is 9.90. The number of ether oxygens (including phenoxy) is 1. The second-order valence-corrected chi connectivity index (χ2v) is 8.03. The highest BCUT2D eigenvalue weighted by molar-refractivity contribution is 5.79. The largest absolute Gasteiger partial charge is 0.379 e. The zero-order valence-electron chi connectivity index (χ0n) is 17.7. The van der Waals surface area contributed by atoms with E-state index in [0.29, 0.717) is 6.04 Å². The predicted octanol–water partition coefficient (Wildman–Crippen LogP) is 1.44. The number of rotatable bonds is 8. The Kier molecular flexibility index (Phi) is 8.54. The minimum absolute atomic E-state index is 0.0619. The number of aliphatic imine (C=N–C) groups is 1. The van der Waals surface area contributed by atoms with E-state index in [4.69, 9.17) is 4.74 Å². The van der Waals surface area contributed by atoms with Crippen molar-refractivity contribution in [1.82, 2.24) is 20.4 Å². The van der Waals surface area contributed by atoms with Crippen LogP contribution in [0.2, 0.25) is 0 Å². The first-order chi connectivity index (χ1) is 12.9. The summed E-state index contributed by atoms with van der Waals surface area (Å²) >= 11 is 0. The van der Waals surface area contributed by atoms with Crippen LogP contribution in [0.5, 0.6) is 0 Å². The molecule has 0 bridgehead atoms. The molecule has 152 valence electrons. The Bertz CT molecular complexity index is 567. The molecule has 27 heavy (non-hydrogen) atoms. The fourth-order valence-corrected chi connectivity index (χ4v) is 3.34. The normalized spacial score (nSPS) is 17.8. The van der Waals surface area contributed by atoms with Gasteiger partial charge >= 0.3 is 0 Å². The van der Waals surface area contributed by atoms with E-state index in [9.17, 15) is 0 Å². The molecule has 1 aromatic carbocycles. The molecule has 0 aromatic heterocycles. The van der Waals surface area contributed by atoms with Gasteiger partial charge in [-0.2, -0.15) is 0 Å². The Morgan fingerprint density at radius 3 is 2.44 bits per heavy atom. The summed E-state index contributed by atoms with van der Waals surface area (Å²) in [6, 6.07) is 11.0. The number of nitrogens with zero attached hydrogens (tertiary/aromatic N) is 3. The van der Waals surface area contributed by atoms with E-state index in [0.717, 1.165) is 51.8 Å². The third-order valence-electron chi connectivity index (χ3n) is 5.33. The van der Waals surface area contributed by atoms with Gasteiger partial charge in [0, 0.05) is 44.8 Å². The van der Waals surface area contributed by atoms with E-state index in [-0.39, 0.29) is 5.54 Å². The molecule has 2 N–H and O–H groups in total. The maximum absolute atomic E-state index is 5.47. The van der Waals surface area contributed by atoms with Gasteiger partial charge in [0.1, 0.15) is 0 Å². The average Bonchev–Trinajstić information content (AvgIpc) is 2.68. The van der Waals surface area contributed by atoms with Crippen molar-refractivity contribution in [2.45, 2.75) is 31.8 Å². The van der Waals surface area contributed by atoms with Crippen molar-refractivity contribution in [3.8, 4) is 0 Å². The standard InChI is InChI=1S/C21H37N5O/c1-21(2,26-11-13-27-14-12-26)17-24-20(22-3)23-16-19(25(4)5)15-18-9-7-6-8-10-18/h6-10,19H,11-17H2,1-5H3,(H2,22,23,24). The predicted molar refractivity (Wildman–Crippen MR) is 113 cm³/mol. The van der Waals surface area contributed by atoms with Crippen LogP contribution in [0, 0.1) is 0 Å². The molecule has 0 amide bonds. The summed E-state index contributed by atoms with van der Waals surface area (Å²) in [6.07, 6.45) is 1.01. The molecular formula is C21H37N5O.